The summed E-state index contributed by atoms with van der Waals surface area (Å²) in [5, 5.41) is 0.504. The molecule has 0 fully saturated rings. The van der Waals surface area contributed by atoms with Crippen LogP contribution >= 0.6 is 11.6 Å². The molecule has 1 heterocycles. The SMILES string of the molecule is COc1ccc(-c2ccnc(C)c2F)c(C)c1Cl. The van der Waals surface area contributed by atoms with Crippen molar-refractivity contribution in [2.45, 2.75) is 13.8 Å². The van der Waals surface area contributed by atoms with Crippen molar-refractivity contribution in [1.29, 1.82) is 0 Å². The molecule has 0 aliphatic heterocycles. The van der Waals surface area contributed by atoms with Gasteiger partial charge in [0.15, 0.2) is 5.82 Å². The van der Waals surface area contributed by atoms with Crippen LogP contribution in [0.25, 0.3) is 11.1 Å². The molecule has 0 aliphatic rings. The van der Waals surface area contributed by atoms with Crippen LogP contribution in [0.15, 0.2) is 24.4 Å². The van der Waals surface area contributed by atoms with E-state index in [0.717, 1.165) is 11.1 Å². The average molecular weight is 266 g/mol. The van der Waals surface area contributed by atoms with E-state index in [1.54, 1.807) is 38.4 Å². The van der Waals surface area contributed by atoms with Crippen LogP contribution in [-0.4, -0.2) is 12.1 Å². The van der Waals surface area contributed by atoms with E-state index in [2.05, 4.69) is 4.98 Å². The number of aryl methyl sites for hydroxylation is 1. The van der Waals surface area contributed by atoms with Crippen LogP contribution < -0.4 is 4.74 Å². The van der Waals surface area contributed by atoms with E-state index in [0.29, 0.717) is 22.0 Å². The van der Waals surface area contributed by atoms with Gasteiger partial charge in [0, 0.05) is 11.8 Å². The highest BCUT2D eigenvalue weighted by Gasteiger charge is 2.14. The number of hydrogen-bond acceptors (Lipinski definition) is 2. The number of aromatic nitrogens is 1. The summed E-state index contributed by atoms with van der Waals surface area (Å²) in [5.41, 5.74) is 2.42. The number of methoxy groups -OCH3 is 1. The molecule has 0 saturated carbocycles. The number of halogens is 2. The second kappa shape index (κ2) is 4.94. The maximum Gasteiger partial charge on any atom is 0.152 e. The van der Waals surface area contributed by atoms with Gasteiger partial charge in [-0.1, -0.05) is 17.7 Å². The van der Waals surface area contributed by atoms with Gasteiger partial charge in [-0.2, -0.15) is 0 Å². The Morgan fingerprint density at radius 1 is 1.17 bits per heavy atom. The fourth-order valence-electron chi connectivity index (χ4n) is 1.87. The Labute approximate surface area is 110 Å². The molecule has 2 aromatic rings. The van der Waals surface area contributed by atoms with Crippen molar-refractivity contribution in [2.24, 2.45) is 0 Å². The van der Waals surface area contributed by atoms with E-state index in [1.807, 2.05) is 6.92 Å². The Kier molecular flexibility index (Phi) is 3.53. The first-order valence-electron chi connectivity index (χ1n) is 5.50. The third-order valence-corrected chi connectivity index (χ3v) is 3.39. The molecular weight excluding hydrogens is 253 g/mol. The van der Waals surface area contributed by atoms with Gasteiger partial charge in [0.2, 0.25) is 0 Å². The molecule has 94 valence electrons. The van der Waals surface area contributed by atoms with Crippen molar-refractivity contribution in [3.05, 3.63) is 46.5 Å². The highest BCUT2D eigenvalue weighted by Crippen LogP contribution is 2.36. The summed E-state index contributed by atoms with van der Waals surface area (Å²) in [6, 6.07) is 5.19. The van der Waals surface area contributed by atoms with Gasteiger partial charge in [0.1, 0.15) is 5.75 Å². The number of rotatable bonds is 2. The third kappa shape index (κ3) is 2.06. The molecule has 0 radical (unpaired) electrons. The largest absolute Gasteiger partial charge is 0.495 e. The maximum atomic E-state index is 14.0. The lowest BCUT2D eigenvalue weighted by molar-refractivity contribution is 0.415. The Morgan fingerprint density at radius 3 is 2.56 bits per heavy atom. The molecule has 18 heavy (non-hydrogen) atoms. The van der Waals surface area contributed by atoms with Gasteiger partial charge in [0.05, 0.1) is 17.8 Å². The van der Waals surface area contributed by atoms with E-state index < -0.39 is 0 Å². The molecule has 0 spiro atoms. The zero-order chi connectivity index (χ0) is 13.3. The minimum absolute atomic E-state index is 0.318. The van der Waals surface area contributed by atoms with Crippen LogP contribution in [0.1, 0.15) is 11.3 Å². The lowest BCUT2D eigenvalue weighted by atomic mass is 10.00. The monoisotopic (exact) mass is 265 g/mol. The van der Waals surface area contributed by atoms with Crippen LogP contribution in [0.5, 0.6) is 5.75 Å². The highest BCUT2D eigenvalue weighted by molar-refractivity contribution is 6.33. The lowest BCUT2D eigenvalue weighted by Crippen LogP contribution is -1.95. The normalized spacial score (nSPS) is 10.5. The standard InChI is InChI=1S/C14H13ClFNO/c1-8-10(4-5-12(18-3)13(8)15)11-6-7-17-9(2)14(11)16/h4-7H,1-3H3. The molecule has 0 unspecified atom stereocenters. The van der Waals surface area contributed by atoms with Crippen molar-refractivity contribution in [1.82, 2.24) is 4.98 Å². The molecule has 0 bridgehead atoms. The highest BCUT2D eigenvalue weighted by atomic mass is 35.5. The van der Waals surface area contributed by atoms with Crippen molar-refractivity contribution < 1.29 is 9.13 Å². The molecule has 2 rings (SSSR count). The first-order chi connectivity index (χ1) is 8.56. The summed E-state index contributed by atoms with van der Waals surface area (Å²) in [5.74, 6) is 0.269. The summed E-state index contributed by atoms with van der Waals surface area (Å²) in [6.07, 6.45) is 1.59. The first kappa shape index (κ1) is 12.8. The molecule has 0 amide bonds. The van der Waals surface area contributed by atoms with E-state index in [9.17, 15) is 4.39 Å². The van der Waals surface area contributed by atoms with Crippen LogP contribution in [0.3, 0.4) is 0 Å². The summed E-state index contributed by atoms with van der Waals surface area (Å²) in [6.45, 7) is 3.48. The summed E-state index contributed by atoms with van der Waals surface area (Å²) < 4.78 is 19.2. The van der Waals surface area contributed by atoms with E-state index in [4.69, 9.17) is 16.3 Å². The zero-order valence-electron chi connectivity index (χ0n) is 10.4. The molecule has 0 aliphatic carbocycles. The molecule has 0 atom stereocenters. The molecule has 4 heteroatoms. The Morgan fingerprint density at radius 2 is 1.89 bits per heavy atom. The predicted octanol–water partition coefficient (Wildman–Crippen LogP) is 4.17. The van der Waals surface area contributed by atoms with E-state index in [1.165, 1.54) is 0 Å². The van der Waals surface area contributed by atoms with Crippen molar-refractivity contribution in [3.8, 4) is 16.9 Å². The Hall–Kier alpha value is -1.61. The maximum absolute atomic E-state index is 14.0. The Bertz CT molecular complexity index is 599. The fourth-order valence-corrected chi connectivity index (χ4v) is 2.11. The molecule has 2 nitrogen and oxygen atoms in total. The molecule has 1 aromatic heterocycles. The van der Waals surface area contributed by atoms with Crippen molar-refractivity contribution >= 4 is 11.6 Å². The summed E-state index contributed by atoms with van der Waals surface area (Å²) in [7, 11) is 1.55. The van der Waals surface area contributed by atoms with Crippen molar-refractivity contribution in [3.63, 3.8) is 0 Å². The molecule has 0 N–H and O–H groups in total. The average Bonchev–Trinajstić information content (AvgIpc) is 2.37. The smallest absolute Gasteiger partial charge is 0.152 e. The quantitative estimate of drug-likeness (QED) is 0.813. The second-order valence-corrected chi connectivity index (χ2v) is 4.39. The third-order valence-electron chi connectivity index (χ3n) is 2.92. The van der Waals surface area contributed by atoms with Gasteiger partial charge < -0.3 is 4.74 Å². The molecular formula is C14H13ClFNO. The number of pyridine rings is 1. The lowest BCUT2D eigenvalue weighted by Gasteiger charge is -2.12. The van der Waals surface area contributed by atoms with Gasteiger partial charge in [-0.25, -0.2) is 4.39 Å². The molecule has 0 saturated heterocycles. The van der Waals surface area contributed by atoms with Crippen molar-refractivity contribution in [2.75, 3.05) is 7.11 Å². The Balaban J connectivity index is 2.65. The minimum Gasteiger partial charge on any atom is -0.495 e. The van der Waals surface area contributed by atoms with Gasteiger partial charge in [0.25, 0.3) is 0 Å². The molecule has 1 aromatic carbocycles. The van der Waals surface area contributed by atoms with Crippen LogP contribution in [0.2, 0.25) is 5.02 Å². The van der Waals surface area contributed by atoms with Crippen LogP contribution in [0, 0.1) is 19.7 Å². The zero-order valence-corrected chi connectivity index (χ0v) is 11.2. The first-order valence-corrected chi connectivity index (χ1v) is 5.88. The van der Waals surface area contributed by atoms with Crippen LogP contribution in [0.4, 0.5) is 4.39 Å². The number of benzene rings is 1. The van der Waals surface area contributed by atoms with E-state index >= 15 is 0 Å². The fraction of sp³-hybridized carbons (Fsp3) is 0.214. The summed E-state index contributed by atoms with van der Waals surface area (Å²) in [4.78, 5) is 3.92. The summed E-state index contributed by atoms with van der Waals surface area (Å²) >= 11 is 6.18. The second-order valence-electron chi connectivity index (χ2n) is 4.01. The van der Waals surface area contributed by atoms with Crippen LogP contribution in [-0.2, 0) is 0 Å². The minimum atomic E-state index is -0.318. The van der Waals surface area contributed by atoms with Gasteiger partial charge in [-0.05, 0) is 37.1 Å². The number of hydrogen-bond donors (Lipinski definition) is 0. The van der Waals surface area contributed by atoms with E-state index in [-0.39, 0.29) is 5.82 Å². The topological polar surface area (TPSA) is 22.1 Å². The van der Waals surface area contributed by atoms with Gasteiger partial charge in [-0.15, -0.1) is 0 Å². The van der Waals surface area contributed by atoms with Gasteiger partial charge in [-0.3, -0.25) is 4.98 Å². The number of nitrogens with zero attached hydrogens (tertiary/aromatic N) is 1. The predicted molar refractivity (Wildman–Crippen MR) is 70.7 cm³/mol. The number of ether oxygens (including phenoxy) is 1. The van der Waals surface area contributed by atoms with Gasteiger partial charge >= 0.3 is 0 Å².